The fourth-order valence-corrected chi connectivity index (χ4v) is 7.45. The van der Waals surface area contributed by atoms with Gasteiger partial charge in [0.15, 0.2) is 10.5 Å². The molecule has 7 rings (SSSR count). The van der Waals surface area contributed by atoms with Gasteiger partial charge in [0.2, 0.25) is 17.8 Å². The molecule has 1 spiro atoms. The first kappa shape index (κ1) is 33.2. The SMILES string of the molecule is COc1ccc(/C=C2\c3nc(N)nc(-c4ccc(OC)cc4)c3C(c3ccc(Cl)cc3)C3(C(=O)NC(=S)NC3=O)C2c2ccc(Cl)cc2)cc1. The van der Waals surface area contributed by atoms with Crippen molar-refractivity contribution in [2.75, 3.05) is 20.0 Å². The van der Waals surface area contributed by atoms with Crippen molar-refractivity contribution in [1.29, 1.82) is 0 Å². The molecule has 4 aromatic carbocycles. The Morgan fingerprint density at radius 2 is 1.20 bits per heavy atom. The first-order chi connectivity index (χ1) is 24.1. The second kappa shape index (κ2) is 13.2. The fraction of sp³-hybridized carbons (Fsp3) is 0.132. The van der Waals surface area contributed by atoms with Gasteiger partial charge in [-0.05, 0) is 101 Å². The molecule has 2 unspecified atom stereocenters. The van der Waals surface area contributed by atoms with Crippen LogP contribution in [-0.4, -0.2) is 41.1 Å². The molecule has 1 fully saturated rings. The lowest BCUT2D eigenvalue weighted by Crippen LogP contribution is -2.67. The summed E-state index contributed by atoms with van der Waals surface area (Å²) in [4.78, 5) is 39.5. The largest absolute Gasteiger partial charge is 0.497 e. The molecule has 4 N–H and O–H groups in total. The summed E-state index contributed by atoms with van der Waals surface area (Å²) in [7, 11) is 3.17. The van der Waals surface area contributed by atoms with Crippen LogP contribution in [0.5, 0.6) is 11.5 Å². The normalized spacial score (nSPS) is 18.7. The maximum atomic E-state index is 14.9. The third kappa shape index (κ3) is 5.65. The molecule has 0 radical (unpaired) electrons. The minimum absolute atomic E-state index is 0.00888. The smallest absolute Gasteiger partial charge is 0.243 e. The number of halogens is 2. The van der Waals surface area contributed by atoms with Gasteiger partial charge in [0.1, 0.15) is 11.5 Å². The molecule has 0 saturated carbocycles. The summed E-state index contributed by atoms with van der Waals surface area (Å²) >= 11 is 18.1. The molecule has 2 aliphatic rings. The van der Waals surface area contributed by atoms with E-state index in [0.717, 1.165) is 5.56 Å². The van der Waals surface area contributed by atoms with Crippen LogP contribution < -0.4 is 25.8 Å². The Labute approximate surface area is 303 Å². The highest BCUT2D eigenvalue weighted by molar-refractivity contribution is 7.80. The topological polar surface area (TPSA) is 128 Å². The number of amides is 2. The summed E-state index contributed by atoms with van der Waals surface area (Å²) in [5.74, 6) is -1.77. The number of fused-ring (bicyclic) bond motifs is 1. The highest BCUT2D eigenvalue weighted by Gasteiger charge is 2.65. The van der Waals surface area contributed by atoms with Crippen molar-refractivity contribution in [2.45, 2.75) is 11.8 Å². The molecule has 2 amide bonds. The zero-order valence-corrected chi connectivity index (χ0v) is 29.1. The molecule has 1 aliphatic carbocycles. The van der Waals surface area contributed by atoms with Gasteiger partial charge < -0.3 is 25.8 Å². The molecular weight excluding hydrogens is 693 g/mol. The van der Waals surface area contributed by atoms with Crippen LogP contribution in [0.1, 0.15) is 39.8 Å². The number of nitrogens with one attached hydrogen (secondary N) is 2. The Morgan fingerprint density at radius 1 is 0.720 bits per heavy atom. The number of ether oxygens (including phenoxy) is 2. The van der Waals surface area contributed by atoms with Crippen LogP contribution in [0.15, 0.2) is 97.1 Å². The van der Waals surface area contributed by atoms with Crippen LogP contribution in [0, 0.1) is 5.41 Å². The van der Waals surface area contributed by atoms with Crippen LogP contribution >= 0.6 is 35.4 Å². The molecule has 12 heteroatoms. The van der Waals surface area contributed by atoms with Crippen molar-refractivity contribution in [3.63, 3.8) is 0 Å². The number of nitrogens with zero attached hydrogens (tertiary/aromatic N) is 2. The van der Waals surface area contributed by atoms with E-state index in [-0.39, 0.29) is 11.1 Å². The van der Waals surface area contributed by atoms with E-state index in [1.54, 1.807) is 62.8 Å². The highest BCUT2D eigenvalue weighted by atomic mass is 35.5. The second-order valence-electron chi connectivity index (χ2n) is 11.9. The minimum atomic E-state index is -1.88. The third-order valence-corrected chi connectivity index (χ3v) is 9.87. The molecule has 9 nitrogen and oxygen atoms in total. The van der Waals surface area contributed by atoms with E-state index in [2.05, 4.69) is 10.6 Å². The number of carbonyl (C=O) groups excluding carboxylic acids is 2. The van der Waals surface area contributed by atoms with Crippen molar-refractivity contribution in [3.05, 3.63) is 135 Å². The van der Waals surface area contributed by atoms with Crippen LogP contribution in [-0.2, 0) is 9.59 Å². The lowest BCUT2D eigenvalue weighted by atomic mass is 9.52. The maximum absolute atomic E-state index is 14.9. The van der Waals surface area contributed by atoms with Crippen LogP contribution in [0.25, 0.3) is 22.9 Å². The van der Waals surface area contributed by atoms with Crippen molar-refractivity contribution < 1.29 is 19.1 Å². The summed E-state index contributed by atoms with van der Waals surface area (Å²) in [6.45, 7) is 0. The number of allylic oxidation sites excluding steroid dienone is 1. The van der Waals surface area contributed by atoms with E-state index >= 15 is 0 Å². The third-order valence-electron chi connectivity index (χ3n) is 9.16. The van der Waals surface area contributed by atoms with Crippen molar-refractivity contribution >= 4 is 69.9 Å². The predicted octanol–water partition coefficient (Wildman–Crippen LogP) is 7.04. The van der Waals surface area contributed by atoms with Gasteiger partial charge in [-0.15, -0.1) is 0 Å². The lowest BCUT2D eigenvalue weighted by molar-refractivity contribution is -0.145. The first-order valence-electron chi connectivity index (χ1n) is 15.5. The second-order valence-corrected chi connectivity index (χ2v) is 13.2. The number of rotatable bonds is 6. The zero-order valence-electron chi connectivity index (χ0n) is 26.7. The fourth-order valence-electron chi connectivity index (χ4n) is 7.01. The molecule has 1 saturated heterocycles. The van der Waals surface area contributed by atoms with E-state index in [1.165, 1.54) is 0 Å². The van der Waals surface area contributed by atoms with E-state index in [9.17, 15) is 9.59 Å². The number of nitrogen functional groups attached to an aromatic ring is 1. The molecule has 2 atom stereocenters. The molecule has 50 heavy (non-hydrogen) atoms. The van der Waals surface area contributed by atoms with E-state index in [1.807, 2.05) is 54.6 Å². The van der Waals surface area contributed by atoms with Gasteiger partial charge in [0.25, 0.3) is 0 Å². The number of nitrogens with two attached hydrogens (primary N) is 1. The van der Waals surface area contributed by atoms with Gasteiger partial charge >= 0.3 is 0 Å². The lowest BCUT2D eigenvalue weighted by Gasteiger charge is -2.50. The number of carbonyl (C=O) groups is 2. The summed E-state index contributed by atoms with van der Waals surface area (Å²) in [6.07, 6.45) is 1.91. The summed E-state index contributed by atoms with van der Waals surface area (Å²) in [5.41, 5.74) is 9.33. The molecule has 5 aromatic rings. The Balaban J connectivity index is 1.67. The van der Waals surface area contributed by atoms with Crippen molar-refractivity contribution in [3.8, 4) is 22.8 Å². The number of aromatic nitrogens is 2. The standard InChI is InChI=1S/C38H29Cl2N5O4S/c1-48-26-15-3-20(4-16-26)19-28-30(21-5-11-24(39)12-6-21)38(34(46)44-37(50)45-35(38)47)31(22-7-13-25(40)14-8-22)29-32(42-36(41)43-33(28)29)23-9-17-27(49-2)18-10-23/h3-19,30-31H,1-2H3,(H2,41,42,43)(H2,44,45,46,47,50)/b28-19-. The molecule has 250 valence electrons. The van der Waals surface area contributed by atoms with Gasteiger partial charge in [-0.3, -0.25) is 9.59 Å². The Kier molecular flexibility index (Phi) is 8.77. The van der Waals surface area contributed by atoms with Gasteiger partial charge in [-0.1, -0.05) is 59.6 Å². The summed E-state index contributed by atoms with van der Waals surface area (Å²) in [5, 5.41) is 6.46. The van der Waals surface area contributed by atoms with E-state index in [4.69, 9.17) is 60.6 Å². The van der Waals surface area contributed by atoms with Gasteiger partial charge in [-0.25, -0.2) is 9.97 Å². The van der Waals surface area contributed by atoms with Gasteiger partial charge in [0, 0.05) is 33.0 Å². The summed E-state index contributed by atoms with van der Waals surface area (Å²) in [6, 6.07) is 28.8. The number of anilines is 1. The minimum Gasteiger partial charge on any atom is -0.497 e. The Bertz CT molecular complexity index is 2150. The predicted molar refractivity (Wildman–Crippen MR) is 198 cm³/mol. The highest BCUT2D eigenvalue weighted by Crippen LogP contribution is 2.62. The molecule has 0 bridgehead atoms. The van der Waals surface area contributed by atoms with Crippen molar-refractivity contribution in [1.82, 2.24) is 20.6 Å². The quantitative estimate of drug-likeness (QED) is 0.126. The van der Waals surface area contributed by atoms with Gasteiger partial charge in [-0.2, -0.15) is 0 Å². The van der Waals surface area contributed by atoms with Gasteiger partial charge in [0.05, 0.1) is 25.6 Å². The first-order valence-corrected chi connectivity index (χ1v) is 16.7. The molecular formula is C38H29Cl2N5O4S. The summed E-state index contributed by atoms with van der Waals surface area (Å²) < 4.78 is 10.8. The number of hydrogen-bond donors (Lipinski definition) is 3. The molecule has 1 aromatic heterocycles. The average molecular weight is 723 g/mol. The maximum Gasteiger partial charge on any atom is 0.243 e. The Hall–Kier alpha value is -5.29. The Morgan fingerprint density at radius 3 is 1.72 bits per heavy atom. The van der Waals surface area contributed by atoms with Crippen LogP contribution in [0.2, 0.25) is 10.0 Å². The molecule has 1 aliphatic heterocycles. The van der Waals surface area contributed by atoms with Crippen LogP contribution in [0.4, 0.5) is 5.95 Å². The number of hydrogen-bond acceptors (Lipinski definition) is 8. The number of benzene rings is 4. The van der Waals surface area contributed by atoms with E-state index in [0.29, 0.717) is 60.8 Å². The molecule has 2 heterocycles. The van der Waals surface area contributed by atoms with Crippen LogP contribution in [0.3, 0.4) is 0 Å². The zero-order chi connectivity index (χ0) is 35.2. The van der Waals surface area contributed by atoms with E-state index < -0.39 is 29.1 Å². The number of thiocarbonyl (C=S) groups is 1. The number of methoxy groups -OCH3 is 2. The monoisotopic (exact) mass is 721 g/mol. The average Bonchev–Trinajstić information content (AvgIpc) is 3.11. The van der Waals surface area contributed by atoms with Crippen molar-refractivity contribution in [2.24, 2.45) is 5.41 Å².